The van der Waals surface area contributed by atoms with Gasteiger partial charge in [0.25, 0.3) is 0 Å². The Bertz CT molecular complexity index is 226. The quantitative estimate of drug-likeness (QED) is 0.794. The molecule has 0 amide bonds. The van der Waals surface area contributed by atoms with E-state index < -0.39 is 0 Å². The minimum atomic E-state index is 0.548. The fraction of sp³-hybridized carbons (Fsp3) is 0.909. The van der Waals surface area contributed by atoms with Crippen molar-refractivity contribution in [1.82, 2.24) is 10.2 Å². The van der Waals surface area contributed by atoms with Crippen LogP contribution >= 0.6 is 11.8 Å². The number of rotatable bonds is 4. The van der Waals surface area contributed by atoms with Gasteiger partial charge in [0.1, 0.15) is 0 Å². The van der Waals surface area contributed by atoms with Gasteiger partial charge in [-0.15, -0.1) is 0 Å². The lowest BCUT2D eigenvalue weighted by atomic mass is 10.1. The molecule has 2 atom stereocenters. The smallest absolute Gasteiger partial charge is 0.156 e. The second-order valence-corrected chi connectivity index (χ2v) is 5.97. The van der Waals surface area contributed by atoms with E-state index in [9.17, 15) is 0 Å². The van der Waals surface area contributed by atoms with Gasteiger partial charge in [-0.1, -0.05) is 25.6 Å². The molecule has 0 fully saturated rings. The van der Waals surface area contributed by atoms with Crippen molar-refractivity contribution in [2.45, 2.75) is 32.1 Å². The summed E-state index contributed by atoms with van der Waals surface area (Å²) >= 11 is 1.89. The third-order valence-electron chi connectivity index (χ3n) is 2.85. The van der Waals surface area contributed by atoms with Crippen LogP contribution in [0.15, 0.2) is 4.99 Å². The second kappa shape index (κ2) is 5.75. The Morgan fingerprint density at radius 1 is 1.47 bits per heavy atom. The summed E-state index contributed by atoms with van der Waals surface area (Å²) < 4.78 is 0. The summed E-state index contributed by atoms with van der Waals surface area (Å²) in [5, 5.41) is 5.21. The molecule has 15 heavy (non-hydrogen) atoms. The van der Waals surface area contributed by atoms with Crippen LogP contribution in [0.1, 0.15) is 20.8 Å². The molecule has 1 aliphatic rings. The highest BCUT2D eigenvalue weighted by atomic mass is 32.2. The Morgan fingerprint density at radius 2 is 2.13 bits per heavy atom. The first-order valence-corrected chi connectivity index (χ1v) is 6.50. The molecule has 0 aromatic carbocycles. The summed E-state index contributed by atoms with van der Waals surface area (Å²) in [6.07, 6.45) is 0. The molecule has 4 heteroatoms. The highest BCUT2D eigenvalue weighted by Crippen LogP contribution is 2.25. The summed E-state index contributed by atoms with van der Waals surface area (Å²) in [6, 6.07) is 0.548. The van der Waals surface area contributed by atoms with Gasteiger partial charge in [-0.25, -0.2) is 0 Å². The van der Waals surface area contributed by atoms with Gasteiger partial charge in [0.15, 0.2) is 5.17 Å². The van der Waals surface area contributed by atoms with Crippen molar-refractivity contribution in [2.24, 2.45) is 10.9 Å². The number of nitrogens with one attached hydrogen (secondary N) is 1. The standard InChI is InChI=1S/C11H23N3S/c1-8(2)10-7-13-11(15-10)12-6-9(3)14(4)5/h8-10H,6-7H2,1-5H3,(H,12,13). The Labute approximate surface area is 97.7 Å². The van der Waals surface area contributed by atoms with Crippen molar-refractivity contribution in [3.63, 3.8) is 0 Å². The maximum absolute atomic E-state index is 4.52. The molecule has 1 rings (SSSR count). The predicted octanol–water partition coefficient (Wildman–Crippen LogP) is 1.65. The minimum absolute atomic E-state index is 0.548. The van der Waals surface area contributed by atoms with Gasteiger partial charge >= 0.3 is 0 Å². The lowest BCUT2D eigenvalue weighted by Crippen LogP contribution is -2.37. The van der Waals surface area contributed by atoms with Crippen LogP contribution in [-0.4, -0.2) is 48.5 Å². The topological polar surface area (TPSA) is 27.6 Å². The molecule has 0 radical (unpaired) electrons. The lowest BCUT2D eigenvalue weighted by Gasteiger charge is -2.20. The Morgan fingerprint density at radius 3 is 2.60 bits per heavy atom. The van der Waals surface area contributed by atoms with E-state index in [0.717, 1.165) is 18.3 Å². The van der Waals surface area contributed by atoms with Gasteiger partial charge in [0.05, 0.1) is 6.54 Å². The zero-order valence-electron chi connectivity index (χ0n) is 10.4. The van der Waals surface area contributed by atoms with E-state index in [2.05, 4.69) is 50.1 Å². The SMILES string of the molecule is CC(C)C1CN=C(NCC(C)N(C)C)S1. The first-order valence-electron chi connectivity index (χ1n) is 5.62. The summed E-state index contributed by atoms with van der Waals surface area (Å²) in [5.74, 6) is 0.712. The van der Waals surface area contributed by atoms with Crippen molar-refractivity contribution in [3.8, 4) is 0 Å². The van der Waals surface area contributed by atoms with Gasteiger partial charge < -0.3 is 10.2 Å². The summed E-state index contributed by atoms with van der Waals surface area (Å²) in [5.41, 5.74) is 0. The van der Waals surface area contributed by atoms with E-state index in [-0.39, 0.29) is 0 Å². The molecule has 0 aliphatic carbocycles. The number of thioether (sulfide) groups is 1. The Kier molecular flexibility index (Phi) is 4.93. The van der Waals surface area contributed by atoms with E-state index in [1.807, 2.05) is 11.8 Å². The second-order valence-electron chi connectivity index (χ2n) is 4.74. The predicted molar refractivity (Wildman–Crippen MR) is 69.7 cm³/mol. The van der Waals surface area contributed by atoms with Crippen molar-refractivity contribution >= 4 is 16.9 Å². The number of likely N-dealkylation sites (N-methyl/N-ethyl adjacent to an activating group) is 1. The number of hydrogen-bond donors (Lipinski definition) is 1. The zero-order chi connectivity index (χ0) is 11.4. The zero-order valence-corrected chi connectivity index (χ0v) is 11.3. The van der Waals surface area contributed by atoms with Crippen LogP contribution in [0.3, 0.4) is 0 Å². The van der Waals surface area contributed by atoms with Crippen molar-refractivity contribution < 1.29 is 0 Å². The van der Waals surface area contributed by atoms with Gasteiger partial charge in [-0.3, -0.25) is 4.99 Å². The van der Waals surface area contributed by atoms with Crippen LogP contribution in [0, 0.1) is 5.92 Å². The van der Waals surface area contributed by atoms with Gasteiger partial charge in [0.2, 0.25) is 0 Å². The van der Waals surface area contributed by atoms with Crippen LogP contribution in [0.5, 0.6) is 0 Å². The van der Waals surface area contributed by atoms with E-state index in [0.29, 0.717) is 17.2 Å². The fourth-order valence-corrected chi connectivity index (χ4v) is 2.28. The Hall–Kier alpha value is -0.220. The fourth-order valence-electron chi connectivity index (χ4n) is 1.25. The molecular weight excluding hydrogens is 206 g/mol. The highest BCUT2D eigenvalue weighted by Gasteiger charge is 2.22. The normalized spacial score (nSPS) is 23.4. The summed E-state index contributed by atoms with van der Waals surface area (Å²) in [7, 11) is 4.21. The summed E-state index contributed by atoms with van der Waals surface area (Å²) in [4.78, 5) is 6.74. The number of hydrogen-bond acceptors (Lipinski definition) is 4. The molecule has 3 nitrogen and oxygen atoms in total. The van der Waals surface area contributed by atoms with Crippen LogP contribution < -0.4 is 5.32 Å². The number of amidine groups is 1. The van der Waals surface area contributed by atoms with E-state index >= 15 is 0 Å². The molecule has 1 heterocycles. The first kappa shape index (κ1) is 12.8. The van der Waals surface area contributed by atoms with E-state index in [1.165, 1.54) is 0 Å². The van der Waals surface area contributed by atoms with Crippen LogP contribution in [-0.2, 0) is 0 Å². The van der Waals surface area contributed by atoms with Crippen LogP contribution in [0.25, 0.3) is 0 Å². The van der Waals surface area contributed by atoms with Crippen LogP contribution in [0.4, 0.5) is 0 Å². The molecule has 88 valence electrons. The molecule has 0 aromatic rings. The highest BCUT2D eigenvalue weighted by molar-refractivity contribution is 8.14. The molecule has 0 saturated heterocycles. The summed E-state index contributed by atoms with van der Waals surface area (Å²) in [6.45, 7) is 8.69. The van der Waals surface area contributed by atoms with Crippen molar-refractivity contribution in [1.29, 1.82) is 0 Å². The van der Waals surface area contributed by atoms with Gasteiger partial charge in [-0.2, -0.15) is 0 Å². The van der Waals surface area contributed by atoms with Gasteiger partial charge in [-0.05, 0) is 26.9 Å². The van der Waals surface area contributed by atoms with E-state index in [1.54, 1.807) is 0 Å². The maximum Gasteiger partial charge on any atom is 0.156 e. The average Bonchev–Trinajstić information content (AvgIpc) is 2.62. The average molecular weight is 229 g/mol. The molecule has 0 aromatic heterocycles. The first-order chi connectivity index (χ1) is 7.00. The molecule has 1 N–H and O–H groups in total. The van der Waals surface area contributed by atoms with Crippen molar-refractivity contribution in [2.75, 3.05) is 27.2 Å². The lowest BCUT2D eigenvalue weighted by molar-refractivity contribution is 0.313. The molecule has 0 spiro atoms. The van der Waals surface area contributed by atoms with Crippen LogP contribution in [0.2, 0.25) is 0 Å². The molecular formula is C11H23N3S. The Balaban J connectivity index is 2.25. The largest absolute Gasteiger partial charge is 0.363 e. The number of aliphatic imine (C=N–C) groups is 1. The molecule has 0 saturated carbocycles. The third kappa shape index (κ3) is 4.03. The van der Waals surface area contributed by atoms with Crippen molar-refractivity contribution in [3.05, 3.63) is 0 Å². The molecule has 0 bridgehead atoms. The minimum Gasteiger partial charge on any atom is -0.363 e. The number of nitrogens with zero attached hydrogens (tertiary/aromatic N) is 2. The van der Waals surface area contributed by atoms with Gasteiger partial charge in [0, 0.05) is 17.8 Å². The monoisotopic (exact) mass is 229 g/mol. The van der Waals surface area contributed by atoms with E-state index in [4.69, 9.17) is 0 Å². The maximum atomic E-state index is 4.52. The third-order valence-corrected chi connectivity index (χ3v) is 4.34. The molecule has 1 aliphatic heterocycles. The molecule has 2 unspecified atom stereocenters.